The van der Waals surface area contributed by atoms with Crippen LogP contribution in [0, 0.1) is 12.8 Å². The summed E-state index contributed by atoms with van der Waals surface area (Å²) in [6.07, 6.45) is 2.56. The van der Waals surface area contributed by atoms with Gasteiger partial charge in [-0.15, -0.1) is 0 Å². The Morgan fingerprint density at radius 1 is 0.789 bits per heavy atom. The van der Waals surface area contributed by atoms with E-state index in [1.165, 1.54) is 18.4 Å². The maximum Gasteiger partial charge on any atom is -0.0398 e. The van der Waals surface area contributed by atoms with Gasteiger partial charge in [-0.05, 0) is 12.8 Å². The van der Waals surface area contributed by atoms with Gasteiger partial charge >= 0.3 is 0 Å². The van der Waals surface area contributed by atoms with E-state index in [4.69, 9.17) is 0 Å². The highest BCUT2D eigenvalue weighted by Crippen LogP contribution is 1.94. The highest BCUT2D eigenvalue weighted by molar-refractivity contribution is 5.11. The van der Waals surface area contributed by atoms with E-state index in [9.17, 15) is 0 Å². The first-order valence-corrected chi connectivity index (χ1v) is 8.09. The van der Waals surface area contributed by atoms with Crippen LogP contribution in [0.3, 0.4) is 0 Å². The Bertz CT molecular complexity index is 186. The van der Waals surface area contributed by atoms with Gasteiger partial charge in [0.05, 0.1) is 0 Å². The average molecular weight is 269 g/mol. The Morgan fingerprint density at radius 3 is 1.16 bits per heavy atom. The predicted octanol–water partition coefficient (Wildman–Crippen LogP) is 7.52. The zero-order chi connectivity index (χ0) is 16.1. The molecule has 0 atom stereocenters. The molecule has 0 amide bonds. The van der Waals surface area contributed by atoms with Crippen molar-refractivity contribution >= 4 is 0 Å². The van der Waals surface area contributed by atoms with Gasteiger partial charge in [-0.25, -0.2) is 0 Å². The Labute approximate surface area is 124 Å². The minimum atomic E-state index is 0.884. The molecule has 0 fully saturated rings. The molecule has 0 aliphatic heterocycles. The highest BCUT2D eigenvalue weighted by atomic mass is 13.9. The largest absolute Gasteiger partial charge is 0.0683 e. The zero-order valence-electron chi connectivity index (χ0n) is 15.4. The Hall–Kier alpha value is -0.780. The van der Waals surface area contributed by atoms with Gasteiger partial charge < -0.3 is 0 Å². The number of hydrogen-bond donors (Lipinski definition) is 0. The van der Waals surface area contributed by atoms with Gasteiger partial charge in [-0.3, -0.25) is 0 Å². The van der Waals surface area contributed by atoms with Crippen molar-refractivity contribution in [2.24, 2.45) is 5.92 Å². The third-order valence-corrected chi connectivity index (χ3v) is 1.76. The molecule has 19 heavy (non-hydrogen) atoms. The zero-order valence-corrected chi connectivity index (χ0v) is 15.4. The van der Waals surface area contributed by atoms with Crippen molar-refractivity contribution in [1.82, 2.24) is 0 Å². The summed E-state index contributed by atoms with van der Waals surface area (Å²) in [5.41, 5.74) is 1.32. The van der Waals surface area contributed by atoms with E-state index >= 15 is 0 Å². The molecule has 0 radical (unpaired) electrons. The second-order valence-electron chi connectivity index (χ2n) is 4.16. The van der Waals surface area contributed by atoms with Crippen LogP contribution >= 0.6 is 0 Å². The fourth-order valence-electron chi connectivity index (χ4n) is 0.534. The lowest BCUT2D eigenvalue weighted by atomic mass is 10.2. The lowest BCUT2D eigenvalue weighted by molar-refractivity contribution is 0.626. The minimum absolute atomic E-state index is 0.884. The SMILES string of the molecule is CC.CC.CCC.CCC(C)C.Cc1ccccc1. The molecule has 0 saturated heterocycles. The third kappa shape index (κ3) is 46.9. The summed E-state index contributed by atoms with van der Waals surface area (Å²) < 4.78 is 0. The first kappa shape index (κ1) is 26.7. The Morgan fingerprint density at radius 2 is 1.05 bits per heavy atom. The maximum absolute atomic E-state index is 2.22. The molecule has 0 heterocycles. The van der Waals surface area contributed by atoms with Gasteiger partial charge in [0.2, 0.25) is 0 Å². The quantitative estimate of drug-likeness (QED) is 0.494. The summed E-state index contributed by atoms with van der Waals surface area (Å²) >= 11 is 0. The van der Waals surface area contributed by atoms with E-state index in [0.717, 1.165) is 5.92 Å². The van der Waals surface area contributed by atoms with Crippen LogP contribution in [0.4, 0.5) is 0 Å². The topological polar surface area (TPSA) is 0 Å². The molecule has 0 unspecified atom stereocenters. The van der Waals surface area contributed by atoms with Crippen LogP contribution in [0.1, 0.15) is 80.7 Å². The molecule has 0 bridgehead atoms. The molecule has 0 spiro atoms. The number of rotatable bonds is 1. The van der Waals surface area contributed by atoms with E-state index in [2.05, 4.69) is 53.7 Å². The first-order chi connectivity index (χ1) is 9.08. The van der Waals surface area contributed by atoms with Crippen LogP contribution in [-0.2, 0) is 0 Å². The fourth-order valence-corrected chi connectivity index (χ4v) is 0.534. The molecule has 0 nitrogen and oxygen atoms in total. The maximum atomic E-state index is 2.22. The molecular formula is C19H40. The molecule has 0 aromatic heterocycles. The number of hydrogen-bond acceptors (Lipinski definition) is 0. The summed E-state index contributed by atoms with van der Waals surface area (Å²) in [7, 11) is 0. The van der Waals surface area contributed by atoms with Crippen molar-refractivity contribution in [2.45, 2.75) is 82.1 Å². The van der Waals surface area contributed by atoms with E-state index < -0.39 is 0 Å². The normalized spacial score (nSPS) is 7.32. The second kappa shape index (κ2) is 30.3. The lowest BCUT2D eigenvalue weighted by Crippen LogP contribution is -1.77. The predicted molar refractivity (Wildman–Crippen MR) is 95.0 cm³/mol. The summed E-state index contributed by atoms with van der Waals surface area (Å²) in [6, 6.07) is 10.3. The van der Waals surface area contributed by atoms with Crippen molar-refractivity contribution < 1.29 is 0 Å². The van der Waals surface area contributed by atoms with Crippen molar-refractivity contribution in [3.05, 3.63) is 35.9 Å². The van der Waals surface area contributed by atoms with Crippen LogP contribution in [0.5, 0.6) is 0 Å². The number of aryl methyl sites for hydroxylation is 1. The standard InChI is InChI=1S/C7H8.C5H12.C3H8.2C2H6/c1-7-5-3-2-4-6-7;1-4-5(2)3;1-3-2;2*1-2/h2-6H,1H3;5H,4H2,1-3H3;3H2,1-2H3;2*1-2H3. The summed E-state index contributed by atoms with van der Waals surface area (Å²) in [5.74, 6) is 0.884. The second-order valence-corrected chi connectivity index (χ2v) is 4.16. The van der Waals surface area contributed by atoms with E-state index in [0.29, 0.717) is 0 Å². The van der Waals surface area contributed by atoms with E-state index in [1.807, 2.05) is 45.9 Å². The monoisotopic (exact) mass is 268 g/mol. The van der Waals surface area contributed by atoms with E-state index in [1.54, 1.807) is 0 Å². The molecule has 0 N–H and O–H groups in total. The molecule has 1 aromatic carbocycles. The molecule has 0 aliphatic rings. The third-order valence-electron chi connectivity index (χ3n) is 1.76. The van der Waals surface area contributed by atoms with Crippen LogP contribution < -0.4 is 0 Å². The Kier molecular flexibility index (Phi) is 42.7. The van der Waals surface area contributed by atoms with Crippen LogP contribution in [-0.4, -0.2) is 0 Å². The molecule has 1 aromatic rings. The van der Waals surface area contributed by atoms with E-state index in [-0.39, 0.29) is 0 Å². The van der Waals surface area contributed by atoms with Crippen molar-refractivity contribution in [3.63, 3.8) is 0 Å². The van der Waals surface area contributed by atoms with Crippen LogP contribution in [0.25, 0.3) is 0 Å². The molecule has 0 saturated carbocycles. The number of benzene rings is 1. The summed E-state index contributed by atoms with van der Waals surface area (Å²) in [6.45, 7) is 21.0. The molecular weight excluding hydrogens is 228 g/mol. The first-order valence-electron chi connectivity index (χ1n) is 8.09. The van der Waals surface area contributed by atoms with Gasteiger partial charge in [0, 0.05) is 0 Å². The fraction of sp³-hybridized carbons (Fsp3) is 0.684. The van der Waals surface area contributed by atoms with Crippen molar-refractivity contribution in [3.8, 4) is 0 Å². The van der Waals surface area contributed by atoms with Crippen molar-refractivity contribution in [2.75, 3.05) is 0 Å². The van der Waals surface area contributed by atoms with Crippen LogP contribution in [0.15, 0.2) is 30.3 Å². The molecule has 116 valence electrons. The van der Waals surface area contributed by atoms with Gasteiger partial charge in [0.25, 0.3) is 0 Å². The van der Waals surface area contributed by atoms with Gasteiger partial charge in [-0.1, -0.05) is 111 Å². The summed E-state index contributed by atoms with van der Waals surface area (Å²) in [5, 5.41) is 0. The van der Waals surface area contributed by atoms with Gasteiger partial charge in [0.1, 0.15) is 0 Å². The molecule has 1 rings (SSSR count). The van der Waals surface area contributed by atoms with Crippen LogP contribution in [0.2, 0.25) is 0 Å². The average Bonchev–Trinajstić information content (AvgIpc) is 2.45. The molecule has 0 heteroatoms. The minimum Gasteiger partial charge on any atom is -0.0683 e. The highest BCUT2D eigenvalue weighted by Gasteiger charge is 1.80. The van der Waals surface area contributed by atoms with Gasteiger partial charge in [0.15, 0.2) is 0 Å². The molecule has 0 aliphatic carbocycles. The van der Waals surface area contributed by atoms with Gasteiger partial charge in [-0.2, -0.15) is 0 Å². The lowest BCUT2D eigenvalue weighted by Gasteiger charge is -1.90. The smallest absolute Gasteiger partial charge is 0.0398 e. The Balaban J connectivity index is -0.0000000834. The summed E-state index contributed by atoms with van der Waals surface area (Å²) in [4.78, 5) is 0. The van der Waals surface area contributed by atoms with Crippen molar-refractivity contribution in [1.29, 1.82) is 0 Å².